The van der Waals surface area contributed by atoms with Gasteiger partial charge in [-0.1, -0.05) is 22.4 Å². The monoisotopic (exact) mass is 312 g/mol. The predicted octanol–water partition coefficient (Wildman–Crippen LogP) is 2.68. The Morgan fingerprint density at radius 1 is 1.44 bits per heavy atom. The minimum absolute atomic E-state index is 0.346. The Kier molecular flexibility index (Phi) is 4.65. The van der Waals surface area contributed by atoms with Crippen LogP contribution in [0.25, 0.3) is 0 Å². The van der Waals surface area contributed by atoms with Crippen LogP contribution in [0.2, 0.25) is 0 Å². The van der Waals surface area contributed by atoms with Crippen LogP contribution in [0.3, 0.4) is 0 Å². The van der Waals surface area contributed by atoms with Gasteiger partial charge in [0.15, 0.2) is 0 Å². The average Bonchev–Trinajstić information content (AvgIpc) is 2.33. The number of benzene rings is 1. The van der Waals surface area contributed by atoms with Gasteiger partial charge in [0, 0.05) is 23.1 Å². The van der Waals surface area contributed by atoms with Crippen LogP contribution in [0.1, 0.15) is 24.8 Å². The van der Waals surface area contributed by atoms with E-state index < -0.39 is 0 Å². The van der Waals surface area contributed by atoms with Crippen LogP contribution >= 0.6 is 15.9 Å². The van der Waals surface area contributed by atoms with E-state index in [9.17, 15) is 0 Å². The molecule has 0 spiro atoms. The molecule has 1 aliphatic rings. The lowest BCUT2D eigenvalue weighted by Gasteiger charge is -2.41. The topological polar surface area (TPSA) is 47.3 Å². The Labute approximate surface area is 117 Å². The van der Waals surface area contributed by atoms with E-state index in [2.05, 4.69) is 27.3 Å². The summed E-state index contributed by atoms with van der Waals surface area (Å²) < 4.78 is 6.44. The molecule has 18 heavy (non-hydrogen) atoms. The van der Waals surface area contributed by atoms with Crippen molar-refractivity contribution >= 4 is 15.9 Å². The lowest BCUT2D eigenvalue weighted by Crippen LogP contribution is -2.45. The molecule has 0 bridgehead atoms. The lowest BCUT2D eigenvalue weighted by molar-refractivity contribution is 0.140. The van der Waals surface area contributed by atoms with Crippen LogP contribution in [0.4, 0.5) is 0 Å². The second kappa shape index (κ2) is 6.04. The first-order chi connectivity index (χ1) is 8.69. The standard InChI is InChI=1S/C14H21BrN2O/c1-18-13-4-3-12(15)7-11(13)8-17-10-14(9-16)5-2-6-14/h3-4,7,17H,2,5-6,8-10,16H2,1H3. The largest absolute Gasteiger partial charge is 0.496 e. The number of nitrogens with two attached hydrogens (primary N) is 1. The van der Waals surface area contributed by atoms with Crippen molar-refractivity contribution in [2.24, 2.45) is 11.1 Å². The normalized spacial score (nSPS) is 17.3. The third-order valence-corrected chi connectivity index (χ3v) is 4.40. The van der Waals surface area contributed by atoms with E-state index in [0.717, 1.165) is 29.9 Å². The van der Waals surface area contributed by atoms with Crippen molar-refractivity contribution in [1.29, 1.82) is 0 Å². The van der Waals surface area contributed by atoms with Gasteiger partial charge in [0.25, 0.3) is 0 Å². The SMILES string of the molecule is COc1ccc(Br)cc1CNCC1(CN)CCC1. The third kappa shape index (κ3) is 3.05. The van der Waals surface area contributed by atoms with Gasteiger partial charge >= 0.3 is 0 Å². The van der Waals surface area contributed by atoms with Crippen molar-refractivity contribution < 1.29 is 4.74 Å². The van der Waals surface area contributed by atoms with Gasteiger partial charge in [-0.05, 0) is 43.0 Å². The van der Waals surface area contributed by atoms with Crippen LogP contribution in [-0.4, -0.2) is 20.2 Å². The Balaban J connectivity index is 1.91. The highest BCUT2D eigenvalue weighted by Gasteiger charge is 2.34. The molecule has 0 radical (unpaired) electrons. The summed E-state index contributed by atoms with van der Waals surface area (Å²) in [4.78, 5) is 0. The molecule has 0 heterocycles. The van der Waals surface area contributed by atoms with Gasteiger partial charge in [-0.25, -0.2) is 0 Å². The van der Waals surface area contributed by atoms with Gasteiger partial charge in [-0.15, -0.1) is 0 Å². The Morgan fingerprint density at radius 2 is 2.22 bits per heavy atom. The lowest BCUT2D eigenvalue weighted by atomic mass is 9.69. The van der Waals surface area contributed by atoms with Gasteiger partial charge < -0.3 is 15.8 Å². The van der Waals surface area contributed by atoms with Gasteiger partial charge in [0.2, 0.25) is 0 Å². The molecule has 1 aromatic rings. The van der Waals surface area contributed by atoms with Crippen molar-refractivity contribution in [2.75, 3.05) is 20.2 Å². The molecule has 0 aromatic heterocycles. The molecule has 2 rings (SSSR count). The number of nitrogens with one attached hydrogen (secondary N) is 1. The summed E-state index contributed by atoms with van der Waals surface area (Å²) in [5.74, 6) is 0.932. The number of hydrogen-bond donors (Lipinski definition) is 2. The van der Waals surface area contributed by atoms with E-state index >= 15 is 0 Å². The molecule has 3 N–H and O–H groups in total. The highest BCUT2D eigenvalue weighted by Crippen LogP contribution is 2.39. The van der Waals surface area contributed by atoms with Crippen molar-refractivity contribution in [3.05, 3.63) is 28.2 Å². The molecule has 1 aliphatic carbocycles. The molecule has 1 aromatic carbocycles. The van der Waals surface area contributed by atoms with E-state index in [1.54, 1.807) is 7.11 Å². The van der Waals surface area contributed by atoms with E-state index in [1.165, 1.54) is 24.8 Å². The number of methoxy groups -OCH3 is 1. The van der Waals surface area contributed by atoms with E-state index in [-0.39, 0.29) is 0 Å². The van der Waals surface area contributed by atoms with Crippen molar-refractivity contribution in [1.82, 2.24) is 5.32 Å². The van der Waals surface area contributed by atoms with Crippen molar-refractivity contribution in [2.45, 2.75) is 25.8 Å². The number of ether oxygens (including phenoxy) is 1. The fraction of sp³-hybridized carbons (Fsp3) is 0.571. The summed E-state index contributed by atoms with van der Waals surface area (Å²) in [6, 6.07) is 6.08. The molecule has 4 heteroatoms. The van der Waals surface area contributed by atoms with Crippen molar-refractivity contribution in [3.63, 3.8) is 0 Å². The average molecular weight is 313 g/mol. The molecular weight excluding hydrogens is 292 g/mol. The van der Waals surface area contributed by atoms with Gasteiger partial charge in [0.05, 0.1) is 7.11 Å². The van der Waals surface area contributed by atoms with Crippen molar-refractivity contribution in [3.8, 4) is 5.75 Å². The fourth-order valence-corrected chi connectivity index (χ4v) is 2.89. The van der Waals surface area contributed by atoms with Gasteiger partial charge in [0.1, 0.15) is 5.75 Å². The molecule has 100 valence electrons. The summed E-state index contributed by atoms with van der Waals surface area (Å²) in [7, 11) is 1.71. The minimum Gasteiger partial charge on any atom is -0.496 e. The maximum absolute atomic E-state index is 5.86. The Morgan fingerprint density at radius 3 is 2.78 bits per heavy atom. The third-order valence-electron chi connectivity index (χ3n) is 3.91. The van der Waals surface area contributed by atoms with E-state index in [1.807, 2.05) is 12.1 Å². The zero-order valence-electron chi connectivity index (χ0n) is 10.8. The second-order valence-electron chi connectivity index (χ2n) is 5.12. The first-order valence-electron chi connectivity index (χ1n) is 6.42. The summed E-state index contributed by atoms with van der Waals surface area (Å²) in [6.45, 7) is 2.61. The summed E-state index contributed by atoms with van der Waals surface area (Å²) in [5, 5.41) is 3.52. The molecule has 0 atom stereocenters. The molecule has 0 saturated heterocycles. The smallest absolute Gasteiger partial charge is 0.123 e. The fourth-order valence-electron chi connectivity index (χ4n) is 2.48. The number of hydrogen-bond acceptors (Lipinski definition) is 3. The highest BCUT2D eigenvalue weighted by molar-refractivity contribution is 9.10. The van der Waals surface area contributed by atoms with Crippen LogP contribution in [0, 0.1) is 5.41 Å². The molecule has 1 saturated carbocycles. The van der Waals surface area contributed by atoms with Crippen LogP contribution in [0.15, 0.2) is 22.7 Å². The second-order valence-corrected chi connectivity index (χ2v) is 6.03. The van der Waals surface area contributed by atoms with Crippen LogP contribution < -0.4 is 15.8 Å². The quantitative estimate of drug-likeness (QED) is 0.849. The molecule has 1 fully saturated rings. The summed E-state index contributed by atoms with van der Waals surface area (Å²) in [5.41, 5.74) is 7.38. The zero-order valence-corrected chi connectivity index (χ0v) is 12.4. The summed E-state index contributed by atoms with van der Waals surface area (Å²) in [6.07, 6.45) is 3.83. The molecule has 3 nitrogen and oxygen atoms in total. The highest BCUT2D eigenvalue weighted by atomic mass is 79.9. The minimum atomic E-state index is 0.346. The maximum Gasteiger partial charge on any atom is 0.123 e. The Hall–Kier alpha value is -0.580. The predicted molar refractivity (Wildman–Crippen MR) is 77.7 cm³/mol. The molecule has 0 unspecified atom stereocenters. The molecular formula is C14H21BrN2O. The number of rotatable bonds is 6. The van der Waals surface area contributed by atoms with Crippen LogP contribution in [-0.2, 0) is 6.54 Å². The van der Waals surface area contributed by atoms with Gasteiger partial charge in [-0.2, -0.15) is 0 Å². The van der Waals surface area contributed by atoms with E-state index in [4.69, 9.17) is 10.5 Å². The molecule has 0 aliphatic heterocycles. The Bertz CT molecular complexity index is 399. The first-order valence-corrected chi connectivity index (χ1v) is 7.22. The first kappa shape index (κ1) is 13.8. The van der Waals surface area contributed by atoms with E-state index in [0.29, 0.717) is 5.41 Å². The molecule has 0 amide bonds. The van der Waals surface area contributed by atoms with Gasteiger partial charge in [-0.3, -0.25) is 0 Å². The van der Waals surface area contributed by atoms with Crippen LogP contribution in [0.5, 0.6) is 5.75 Å². The zero-order chi connectivity index (χ0) is 13.0. The summed E-state index contributed by atoms with van der Waals surface area (Å²) >= 11 is 3.49. The maximum atomic E-state index is 5.86. The number of halogens is 1.